The molecule has 1 atom stereocenters. The van der Waals surface area contributed by atoms with Crippen LogP contribution in [0.1, 0.15) is 30.9 Å². The van der Waals surface area contributed by atoms with E-state index in [1.807, 2.05) is 0 Å². The summed E-state index contributed by atoms with van der Waals surface area (Å²) < 4.78 is 6.30. The third kappa shape index (κ3) is 1.57. The fourth-order valence-electron chi connectivity index (χ4n) is 3.16. The Kier molecular flexibility index (Phi) is 2.49. The Morgan fingerprint density at radius 2 is 2.00 bits per heavy atom. The maximum absolute atomic E-state index is 6.30. The molecule has 0 aliphatic carbocycles. The van der Waals surface area contributed by atoms with Crippen molar-refractivity contribution in [3.8, 4) is 0 Å². The van der Waals surface area contributed by atoms with Gasteiger partial charge in [0.15, 0.2) is 0 Å². The van der Waals surface area contributed by atoms with Gasteiger partial charge < -0.3 is 10.1 Å². The van der Waals surface area contributed by atoms with Crippen LogP contribution in [-0.4, -0.2) is 19.2 Å². The molecule has 86 valence electrons. The van der Waals surface area contributed by atoms with Crippen molar-refractivity contribution in [3.05, 3.63) is 35.4 Å². The minimum atomic E-state index is -0.000486. The summed E-state index contributed by atoms with van der Waals surface area (Å²) in [4.78, 5) is 0. The van der Waals surface area contributed by atoms with E-state index in [4.69, 9.17) is 4.74 Å². The van der Waals surface area contributed by atoms with Crippen LogP contribution < -0.4 is 5.32 Å². The molecule has 1 spiro atoms. The molecule has 2 aliphatic heterocycles. The Morgan fingerprint density at radius 3 is 2.81 bits per heavy atom. The lowest BCUT2D eigenvalue weighted by atomic mass is 9.79. The van der Waals surface area contributed by atoms with E-state index >= 15 is 0 Å². The summed E-state index contributed by atoms with van der Waals surface area (Å²) in [5, 5.41) is 3.42. The van der Waals surface area contributed by atoms with Gasteiger partial charge in [0.1, 0.15) is 0 Å². The van der Waals surface area contributed by atoms with Crippen LogP contribution in [0.2, 0.25) is 0 Å². The standard InChI is InChI=1S/C14H19NO/c1-11-10-12-4-2-3-5-13(12)14(16-11)6-8-15-9-7-14/h2-5,11,15H,6-10H2,1H3. The summed E-state index contributed by atoms with van der Waals surface area (Å²) >= 11 is 0. The fourth-order valence-corrected chi connectivity index (χ4v) is 3.16. The van der Waals surface area contributed by atoms with Crippen molar-refractivity contribution >= 4 is 0 Å². The number of fused-ring (bicyclic) bond motifs is 2. The molecule has 1 saturated heterocycles. The molecule has 0 radical (unpaired) electrons. The van der Waals surface area contributed by atoms with E-state index in [9.17, 15) is 0 Å². The number of benzene rings is 1. The Bertz CT molecular complexity index is 382. The third-order valence-electron chi connectivity index (χ3n) is 3.85. The molecule has 1 aromatic carbocycles. The van der Waals surface area contributed by atoms with Crippen LogP contribution >= 0.6 is 0 Å². The van der Waals surface area contributed by atoms with Gasteiger partial charge in [0.25, 0.3) is 0 Å². The highest BCUT2D eigenvalue weighted by Gasteiger charge is 2.40. The minimum absolute atomic E-state index is 0.000486. The van der Waals surface area contributed by atoms with Gasteiger partial charge in [-0.25, -0.2) is 0 Å². The van der Waals surface area contributed by atoms with E-state index in [2.05, 4.69) is 36.5 Å². The predicted octanol–water partition coefficient (Wildman–Crippen LogP) is 2.23. The fraction of sp³-hybridized carbons (Fsp3) is 0.571. The van der Waals surface area contributed by atoms with Crippen LogP contribution in [0.25, 0.3) is 0 Å². The zero-order valence-corrected chi connectivity index (χ0v) is 9.83. The van der Waals surface area contributed by atoms with Crippen molar-refractivity contribution in [2.24, 2.45) is 0 Å². The average Bonchev–Trinajstić information content (AvgIpc) is 2.30. The number of nitrogens with one attached hydrogen (secondary N) is 1. The average molecular weight is 217 g/mol. The first-order valence-corrected chi connectivity index (χ1v) is 6.27. The maximum atomic E-state index is 6.30. The van der Waals surface area contributed by atoms with Gasteiger partial charge in [-0.15, -0.1) is 0 Å². The highest BCUT2D eigenvalue weighted by Crippen LogP contribution is 2.41. The summed E-state index contributed by atoms with van der Waals surface area (Å²) in [6, 6.07) is 8.80. The summed E-state index contributed by atoms with van der Waals surface area (Å²) in [6.07, 6.45) is 3.63. The van der Waals surface area contributed by atoms with E-state index in [1.165, 1.54) is 11.1 Å². The molecular weight excluding hydrogens is 198 g/mol. The molecule has 16 heavy (non-hydrogen) atoms. The van der Waals surface area contributed by atoms with Crippen molar-refractivity contribution in [3.63, 3.8) is 0 Å². The number of ether oxygens (including phenoxy) is 1. The molecule has 0 amide bonds. The first-order valence-electron chi connectivity index (χ1n) is 6.27. The summed E-state index contributed by atoms with van der Waals surface area (Å²) in [5.41, 5.74) is 2.93. The second kappa shape index (κ2) is 3.86. The van der Waals surface area contributed by atoms with E-state index in [-0.39, 0.29) is 5.60 Å². The van der Waals surface area contributed by atoms with Gasteiger partial charge in [-0.05, 0) is 50.4 Å². The highest BCUT2D eigenvalue weighted by molar-refractivity contribution is 5.35. The number of piperidine rings is 1. The van der Waals surface area contributed by atoms with Gasteiger partial charge in [-0.3, -0.25) is 0 Å². The number of hydrogen-bond donors (Lipinski definition) is 1. The van der Waals surface area contributed by atoms with Crippen molar-refractivity contribution in [2.75, 3.05) is 13.1 Å². The van der Waals surface area contributed by atoms with Gasteiger partial charge in [0.2, 0.25) is 0 Å². The minimum Gasteiger partial charge on any atom is -0.367 e. The molecule has 2 heterocycles. The van der Waals surface area contributed by atoms with Gasteiger partial charge in [0.05, 0.1) is 11.7 Å². The molecule has 0 bridgehead atoms. The van der Waals surface area contributed by atoms with Crippen LogP contribution in [0, 0.1) is 0 Å². The molecular formula is C14H19NO. The van der Waals surface area contributed by atoms with Crippen molar-refractivity contribution < 1.29 is 4.74 Å². The van der Waals surface area contributed by atoms with Crippen molar-refractivity contribution in [2.45, 2.75) is 37.9 Å². The largest absolute Gasteiger partial charge is 0.367 e. The quantitative estimate of drug-likeness (QED) is 0.719. The Balaban J connectivity index is 2.05. The van der Waals surface area contributed by atoms with Gasteiger partial charge in [-0.2, -0.15) is 0 Å². The summed E-state index contributed by atoms with van der Waals surface area (Å²) in [5.74, 6) is 0. The zero-order chi connectivity index (χ0) is 11.0. The first kappa shape index (κ1) is 10.3. The molecule has 1 N–H and O–H groups in total. The van der Waals surface area contributed by atoms with Crippen LogP contribution in [-0.2, 0) is 16.8 Å². The van der Waals surface area contributed by atoms with Gasteiger partial charge in [0, 0.05) is 0 Å². The molecule has 1 fully saturated rings. The Hall–Kier alpha value is -0.860. The lowest BCUT2D eigenvalue weighted by Crippen LogP contribution is -2.46. The van der Waals surface area contributed by atoms with Gasteiger partial charge >= 0.3 is 0 Å². The molecule has 3 rings (SSSR count). The summed E-state index contributed by atoms with van der Waals surface area (Å²) in [6.45, 7) is 4.34. The SMILES string of the molecule is CC1Cc2ccccc2C2(CCNCC2)O1. The van der Waals surface area contributed by atoms with E-state index in [0.29, 0.717) is 6.10 Å². The second-order valence-electron chi connectivity index (χ2n) is 5.03. The van der Waals surface area contributed by atoms with Crippen molar-refractivity contribution in [1.29, 1.82) is 0 Å². The Morgan fingerprint density at radius 1 is 1.25 bits per heavy atom. The molecule has 2 nitrogen and oxygen atoms in total. The highest BCUT2D eigenvalue weighted by atomic mass is 16.5. The van der Waals surface area contributed by atoms with Crippen LogP contribution in [0.5, 0.6) is 0 Å². The Labute approximate surface area is 97.0 Å². The van der Waals surface area contributed by atoms with Crippen LogP contribution in [0.3, 0.4) is 0 Å². The lowest BCUT2D eigenvalue weighted by molar-refractivity contribution is -0.120. The monoisotopic (exact) mass is 217 g/mol. The van der Waals surface area contributed by atoms with E-state index < -0.39 is 0 Å². The second-order valence-corrected chi connectivity index (χ2v) is 5.03. The molecule has 0 aromatic heterocycles. The van der Waals surface area contributed by atoms with Crippen molar-refractivity contribution in [1.82, 2.24) is 5.32 Å². The maximum Gasteiger partial charge on any atom is 0.0961 e. The van der Waals surface area contributed by atoms with E-state index in [0.717, 1.165) is 32.4 Å². The number of hydrogen-bond acceptors (Lipinski definition) is 2. The molecule has 1 unspecified atom stereocenters. The molecule has 2 heteroatoms. The molecule has 0 saturated carbocycles. The van der Waals surface area contributed by atoms with Crippen LogP contribution in [0.15, 0.2) is 24.3 Å². The predicted molar refractivity (Wildman–Crippen MR) is 64.5 cm³/mol. The first-order chi connectivity index (χ1) is 7.80. The topological polar surface area (TPSA) is 21.3 Å². The third-order valence-corrected chi connectivity index (χ3v) is 3.85. The zero-order valence-electron chi connectivity index (χ0n) is 9.83. The lowest BCUT2D eigenvalue weighted by Gasteiger charge is -2.44. The van der Waals surface area contributed by atoms with Gasteiger partial charge in [-0.1, -0.05) is 24.3 Å². The smallest absolute Gasteiger partial charge is 0.0961 e. The molecule has 1 aromatic rings. The van der Waals surface area contributed by atoms with E-state index in [1.54, 1.807) is 0 Å². The summed E-state index contributed by atoms with van der Waals surface area (Å²) in [7, 11) is 0. The number of rotatable bonds is 0. The normalized spacial score (nSPS) is 27.7. The van der Waals surface area contributed by atoms with Crippen LogP contribution in [0.4, 0.5) is 0 Å². The molecule has 2 aliphatic rings.